The standard InChI is InChI=1S/C18H16F2O3S/c1-2-18(24)23-11-17(21)12-6-8-13(9-7-12)22-10-14-15(19)4-3-5-16(14)20/h3-9H,2,10-11H2,1H3. The first-order chi connectivity index (χ1) is 11.5. The van der Waals surface area contributed by atoms with Crippen molar-refractivity contribution in [1.82, 2.24) is 0 Å². The summed E-state index contributed by atoms with van der Waals surface area (Å²) < 4.78 is 37.5. The van der Waals surface area contributed by atoms with E-state index in [1.54, 1.807) is 24.3 Å². The van der Waals surface area contributed by atoms with Crippen molar-refractivity contribution in [2.24, 2.45) is 0 Å². The molecule has 24 heavy (non-hydrogen) atoms. The molecule has 0 saturated carbocycles. The number of ether oxygens (including phenoxy) is 2. The Morgan fingerprint density at radius 2 is 1.71 bits per heavy atom. The number of ketones is 1. The molecular formula is C18H16F2O3S. The van der Waals surface area contributed by atoms with Crippen LogP contribution in [0.25, 0.3) is 0 Å². The third kappa shape index (κ3) is 4.83. The van der Waals surface area contributed by atoms with Crippen LogP contribution < -0.4 is 4.74 Å². The van der Waals surface area contributed by atoms with Crippen molar-refractivity contribution in [3.05, 3.63) is 65.2 Å². The van der Waals surface area contributed by atoms with Gasteiger partial charge in [-0.05, 0) is 48.6 Å². The van der Waals surface area contributed by atoms with E-state index in [9.17, 15) is 13.6 Å². The van der Waals surface area contributed by atoms with Crippen LogP contribution in [0.5, 0.6) is 5.75 Å². The number of rotatable bonds is 7. The minimum Gasteiger partial charge on any atom is -0.489 e. The maximum Gasteiger partial charge on any atom is 0.200 e. The lowest BCUT2D eigenvalue weighted by molar-refractivity contribution is 0.0914. The molecule has 0 unspecified atom stereocenters. The average molecular weight is 350 g/mol. The fourth-order valence-electron chi connectivity index (χ4n) is 1.89. The van der Waals surface area contributed by atoms with Gasteiger partial charge in [0.05, 0.1) is 5.56 Å². The van der Waals surface area contributed by atoms with Gasteiger partial charge < -0.3 is 9.47 Å². The van der Waals surface area contributed by atoms with Gasteiger partial charge in [0.25, 0.3) is 0 Å². The molecule has 0 fully saturated rings. The van der Waals surface area contributed by atoms with Crippen LogP contribution in [-0.4, -0.2) is 17.4 Å². The minimum absolute atomic E-state index is 0.118. The first-order valence-corrected chi connectivity index (χ1v) is 7.76. The van der Waals surface area contributed by atoms with Crippen LogP contribution in [0.4, 0.5) is 8.78 Å². The number of halogens is 2. The zero-order chi connectivity index (χ0) is 17.5. The van der Waals surface area contributed by atoms with Crippen LogP contribution in [-0.2, 0) is 11.3 Å². The quantitative estimate of drug-likeness (QED) is 0.545. The molecule has 0 spiro atoms. The number of thiocarbonyl (C=S) groups is 1. The maximum atomic E-state index is 13.5. The molecule has 0 atom stereocenters. The predicted octanol–water partition coefficient (Wildman–Crippen LogP) is 4.48. The highest BCUT2D eigenvalue weighted by atomic mass is 32.1. The van der Waals surface area contributed by atoms with E-state index in [2.05, 4.69) is 0 Å². The summed E-state index contributed by atoms with van der Waals surface area (Å²) in [7, 11) is 0. The van der Waals surface area contributed by atoms with Gasteiger partial charge in [0.15, 0.2) is 17.4 Å². The molecule has 0 N–H and O–H groups in total. The first kappa shape index (κ1) is 18.0. The van der Waals surface area contributed by atoms with Crippen LogP contribution in [0.1, 0.15) is 29.3 Å². The van der Waals surface area contributed by atoms with E-state index in [1.165, 1.54) is 18.2 Å². The molecule has 0 radical (unpaired) electrons. The molecule has 2 aromatic rings. The van der Waals surface area contributed by atoms with Gasteiger partial charge in [-0.2, -0.15) is 0 Å². The van der Waals surface area contributed by atoms with Crippen LogP contribution in [0.2, 0.25) is 0 Å². The Labute approximate surface area is 144 Å². The molecule has 0 aliphatic heterocycles. The second-order valence-corrected chi connectivity index (χ2v) is 5.41. The van der Waals surface area contributed by atoms with Crippen LogP contribution in [0, 0.1) is 11.6 Å². The summed E-state index contributed by atoms with van der Waals surface area (Å²) in [4.78, 5) is 11.9. The summed E-state index contributed by atoms with van der Waals surface area (Å²) in [6, 6.07) is 9.88. The highest BCUT2D eigenvalue weighted by molar-refractivity contribution is 7.80. The summed E-state index contributed by atoms with van der Waals surface area (Å²) >= 11 is 4.89. The normalized spacial score (nSPS) is 10.3. The van der Waals surface area contributed by atoms with Crippen LogP contribution >= 0.6 is 12.2 Å². The minimum atomic E-state index is -0.661. The molecule has 0 aromatic heterocycles. The third-order valence-corrected chi connectivity index (χ3v) is 3.68. The first-order valence-electron chi connectivity index (χ1n) is 7.35. The van der Waals surface area contributed by atoms with Gasteiger partial charge in [0, 0.05) is 12.0 Å². The van der Waals surface area contributed by atoms with E-state index >= 15 is 0 Å². The van der Waals surface area contributed by atoms with Gasteiger partial charge in [-0.25, -0.2) is 8.78 Å². The molecular weight excluding hydrogens is 334 g/mol. The van der Waals surface area contributed by atoms with E-state index < -0.39 is 11.6 Å². The lowest BCUT2D eigenvalue weighted by Crippen LogP contribution is -2.12. The van der Waals surface area contributed by atoms with E-state index in [-0.39, 0.29) is 24.6 Å². The number of benzene rings is 2. The summed E-state index contributed by atoms with van der Waals surface area (Å²) in [5.41, 5.74) is 0.303. The Balaban J connectivity index is 1.94. The predicted molar refractivity (Wildman–Crippen MR) is 90.3 cm³/mol. The Morgan fingerprint density at radius 1 is 1.08 bits per heavy atom. The van der Waals surface area contributed by atoms with Crippen LogP contribution in [0.15, 0.2) is 42.5 Å². The fraction of sp³-hybridized carbons (Fsp3) is 0.222. The Kier molecular flexibility index (Phi) is 6.37. The van der Waals surface area contributed by atoms with Gasteiger partial charge in [-0.3, -0.25) is 4.79 Å². The molecule has 0 amide bonds. The molecule has 2 rings (SSSR count). The third-order valence-electron chi connectivity index (χ3n) is 3.27. The molecule has 6 heteroatoms. The van der Waals surface area contributed by atoms with Gasteiger partial charge >= 0.3 is 0 Å². The summed E-state index contributed by atoms with van der Waals surface area (Å²) in [5.74, 6) is -1.13. The zero-order valence-corrected chi connectivity index (χ0v) is 13.9. The number of Topliss-reactive ketones (excluding diaryl/α,β-unsaturated/α-hetero) is 1. The summed E-state index contributed by atoms with van der Waals surface area (Å²) in [6.07, 6.45) is 0.571. The van der Waals surface area contributed by atoms with Crippen molar-refractivity contribution in [3.63, 3.8) is 0 Å². The second kappa shape index (κ2) is 8.49. The number of carbonyl (C=O) groups excluding carboxylic acids is 1. The monoisotopic (exact) mass is 350 g/mol. The molecule has 0 aliphatic rings. The Bertz CT molecular complexity index is 709. The largest absolute Gasteiger partial charge is 0.489 e. The fourth-order valence-corrected chi connectivity index (χ4v) is 1.95. The molecule has 0 aliphatic carbocycles. The maximum absolute atomic E-state index is 13.5. The van der Waals surface area contributed by atoms with Gasteiger partial charge in [0.1, 0.15) is 24.0 Å². The molecule has 126 valence electrons. The van der Waals surface area contributed by atoms with Crippen LogP contribution in [0.3, 0.4) is 0 Å². The van der Waals surface area contributed by atoms with E-state index in [0.29, 0.717) is 22.8 Å². The lowest BCUT2D eigenvalue weighted by atomic mass is 10.1. The van der Waals surface area contributed by atoms with Crippen molar-refractivity contribution >= 4 is 23.1 Å². The van der Waals surface area contributed by atoms with Gasteiger partial charge in [-0.1, -0.05) is 13.0 Å². The topological polar surface area (TPSA) is 35.5 Å². The van der Waals surface area contributed by atoms with E-state index in [1.807, 2.05) is 6.92 Å². The molecule has 0 heterocycles. The van der Waals surface area contributed by atoms with Crippen molar-refractivity contribution in [1.29, 1.82) is 0 Å². The zero-order valence-electron chi connectivity index (χ0n) is 13.1. The Morgan fingerprint density at radius 3 is 2.29 bits per heavy atom. The molecule has 0 saturated heterocycles. The van der Waals surface area contributed by atoms with Crippen molar-refractivity contribution in [2.75, 3.05) is 6.61 Å². The highest BCUT2D eigenvalue weighted by Crippen LogP contribution is 2.18. The van der Waals surface area contributed by atoms with Crippen molar-refractivity contribution < 1.29 is 23.0 Å². The Hall–Kier alpha value is -2.34. The number of hydrogen-bond donors (Lipinski definition) is 0. The van der Waals surface area contributed by atoms with Crippen molar-refractivity contribution in [3.8, 4) is 5.75 Å². The van der Waals surface area contributed by atoms with Gasteiger partial charge in [0.2, 0.25) is 0 Å². The summed E-state index contributed by atoms with van der Waals surface area (Å²) in [5, 5.41) is 0.384. The molecule has 0 bridgehead atoms. The SMILES string of the molecule is CCC(=S)OCC(=O)c1ccc(OCc2c(F)cccc2F)cc1. The van der Waals surface area contributed by atoms with Gasteiger partial charge in [-0.15, -0.1) is 0 Å². The smallest absolute Gasteiger partial charge is 0.200 e. The van der Waals surface area contributed by atoms with E-state index in [4.69, 9.17) is 21.7 Å². The molecule has 3 nitrogen and oxygen atoms in total. The lowest BCUT2D eigenvalue weighted by Gasteiger charge is -2.09. The average Bonchev–Trinajstić information content (AvgIpc) is 2.59. The van der Waals surface area contributed by atoms with Crippen molar-refractivity contribution in [2.45, 2.75) is 20.0 Å². The molecule has 2 aromatic carbocycles. The second-order valence-electron chi connectivity index (χ2n) is 4.95. The summed E-state index contributed by atoms with van der Waals surface area (Å²) in [6.45, 7) is 1.49. The number of hydrogen-bond acceptors (Lipinski definition) is 4. The number of carbonyl (C=O) groups is 1. The van der Waals surface area contributed by atoms with E-state index in [0.717, 1.165) is 0 Å². The highest BCUT2D eigenvalue weighted by Gasteiger charge is 2.10.